The Morgan fingerprint density at radius 1 is 1.07 bits per heavy atom. The molecule has 1 aliphatic rings. The number of carbonyl (C=O) groups is 1. The monoisotopic (exact) mass is 372 g/mol. The van der Waals surface area contributed by atoms with Crippen molar-refractivity contribution < 1.29 is 29.2 Å². The van der Waals surface area contributed by atoms with Crippen LogP contribution in [-0.2, 0) is 14.3 Å². The van der Waals surface area contributed by atoms with Crippen LogP contribution in [0.1, 0.15) is 30.9 Å². The molecule has 6 heteroatoms. The second-order valence-corrected chi connectivity index (χ2v) is 6.41. The van der Waals surface area contributed by atoms with Gasteiger partial charge in [0.15, 0.2) is 12.4 Å². The third-order valence-corrected chi connectivity index (χ3v) is 4.42. The summed E-state index contributed by atoms with van der Waals surface area (Å²) < 4.78 is 16.6. The van der Waals surface area contributed by atoms with Crippen molar-refractivity contribution >= 4 is 5.97 Å². The molecule has 3 rings (SSSR count). The number of hydrogen-bond donors (Lipinski definition) is 2. The van der Waals surface area contributed by atoms with Crippen LogP contribution in [0, 0.1) is 0 Å². The molecule has 27 heavy (non-hydrogen) atoms. The molecule has 2 aromatic carbocycles. The molecule has 0 radical (unpaired) electrons. The van der Waals surface area contributed by atoms with Gasteiger partial charge in [-0.2, -0.15) is 0 Å². The van der Waals surface area contributed by atoms with E-state index in [1.54, 1.807) is 24.3 Å². The van der Waals surface area contributed by atoms with Crippen LogP contribution in [0.4, 0.5) is 0 Å². The average molecular weight is 372 g/mol. The van der Waals surface area contributed by atoms with Crippen LogP contribution < -0.4 is 4.74 Å². The molecule has 2 N–H and O–H groups in total. The molecule has 2 aromatic rings. The summed E-state index contributed by atoms with van der Waals surface area (Å²) in [4.78, 5) is 10.8. The number of ether oxygens (including phenoxy) is 3. The maximum atomic E-state index is 10.8. The van der Waals surface area contributed by atoms with E-state index in [4.69, 9.17) is 19.3 Å². The number of aliphatic carboxylic acids is 1. The number of carboxylic acid groups (broad SMARTS) is 1. The van der Waals surface area contributed by atoms with Gasteiger partial charge in [-0.15, -0.1) is 0 Å². The van der Waals surface area contributed by atoms with Gasteiger partial charge in [0, 0.05) is 0 Å². The maximum absolute atomic E-state index is 10.8. The second-order valence-electron chi connectivity index (χ2n) is 6.41. The van der Waals surface area contributed by atoms with Crippen molar-refractivity contribution in [3.63, 3.8) is 0 Å². The highest BCUT2D eigenvalue weighted by Crippen LogP contribution is 2.26. The van der Waals surface area contributed by atoms with Crippen molar-refractivity contribution in [3.05, 3.63) is 54.1 Å². The Kier molecular flexibility index (Phi) is 6.81. The van der Waals surface area contributed by atoms with Gasteiger partial charge in [-0.3, -0.25) is 0 Å². The van der Waals surface area contributed by atoms with Crippen molar-refractivity contribution in [1.29, 1.82) is 0 Å². The van der Waals surface area contributed by atoms with E-state index in [-0.39, 0.29) is 6.29 Å². The van der Waals surface area contributed by atoms with Gasteiger partial charge >= 0.3 is 5.97 Å². The zero-order valence-electron chi connectivity index (χ0n) is 15.0. The lowest BCUT2D eigenvalue weighted by Gasteiger charge is -2.11. The Morgan fingerprint density at radius 2 is 1.81 bits per heavy atom. The Balaban J connectivity index is 1.51. The van der Waals surface area contributed by atoms with E-state index >= 15 is 0 Å². The first-order valence-electron chi connectivity index (χ1n) is 9.11. The van der Waals surface area contributed by atoms with Crippen LogP contribution in [0.5, 0.6) is 5.75 Å². The number of hydrogen-bond acceptors (Lipinski definition) is 5. The zero-order valence-corrected chi connectivity index (χ0v) is 15.0. The highest BCUT2D eigenvalue weighted by molar-refractivity contribution is 5.74. The number of unbranched alkanes of at least 4 members (excludes halogenated alkanes) is 1. The minimum Gasteiger partial charge on any atom is -0.494 e. The van der Waals surface area contributed by atoms with Gasteiger partial charge in [-0.05, 0) is 48.1 Å². The van der Waals surface area contributed by atoms with Gasteiger partial charge in [0.05, 0.1) is 19.8 Å². The fourth-order valence-electron chi connectivity index (χ4n) is 2.94. The second kappa shape index (κ2) is 9.50. The van der Waals surface area contributed by atoms with Gasteiger partial charge < -0.3 is 24.4 Å². The molecular formula is C21H24O6. The summed E-state index contributed by atoms with van der Waals surface area (Å²) in [5.74, 6) is -0.472. The molecule has 0 saturated carbocycles. The molecule has 1 heterocycles. The van der Waals surface area contributed by atoms with E-state index < -0.39 is 12.1 Å². The van der Waals surface area contributed by atoms with Crippen molar-refractivity contribution in [2.45, 2.75) is 31.7 Å². The van der Waals surface area contributed by atoms with E-state index in [2.05, 4.69) is 0 Å². The molecule has 1 unspecified atom stereocenters. The topological polar surface area (TPSA) is 85.2 Å². The number of carboxylic acids is 1. The lowest BCUT2D eigenvalue weighted by molar-refractivity contribution is -0.146. The maximum Gasteiger partial charge on any atom is 0.337 e. The van der Waals surface area contributed by atoms with Crippen molar-refractivity contribution in [2.75, 3.05) is 19.8 Å². The van der Waals surface area contributed by atoms with Crippen LogP contribution in [0.15, 0.2) is 48.5 Å². The largest absolute Gasteiger partial charge is 0.494 e. The average Bonchev–Trinajstić information content (AvgIpc) is 3.21. The quantitative estimate of drug-likeness (QED) is 0.656. The smallest absolute Gasteiger partial charge is 0.337 e. The summed E-state index contributed by atoms with van der Waals surface area (Å²) in [6, 6.07) is 14.6. The van der Waals surface area contributed by atoms with E-state index in [1.165, 1.54) is 0 Å². The molecular weight excluding hydrogens is 348 g/mol. The van der Waals surface area contributed by atoms with E-state index in [9.17, 15) is 9.90 Å². The lowest BCUT2D eigenvalue weighted by atomic mass is 10.0. The molecule has 0 aliphatic carbocycles. The molecule has 0 amide bonds. The first-order chi connectivity index (χ1) is 13.1. The van der Waals surface area contributed by atoms with Gasteiger partial charge in [-0.25, -0.2) is 4.79 Å². The van der Waals surface area contributed by atoms with Gasteiger partial charge in [0.1, 0.15) is 5.75 Å². The third-order valence-electron chi connectivity index (χ3n) is 4.42. The van der Waals surface area contributed by atoms with Crippen LogP contribution >= 0.6 is 0 Å². The summed E-state index contributed by atoms with van der Waals surface area (Å²) in [5, 5.41) is 18.4. The van der Waals surface area contributed by atoms with Gasteiger partial charge in [-0.1, -0.05) is 36.4 Å². The van der Waals surface area contributed by atoms with Crippen LogP contribution in [-0.4, -0.2) is 42.3 Å². The van der Waals surface area contributed by atoms with Crippen LogP contribution in [0.3, 0.4) is 0 Å². The highest BCUT2D eigenvalue weighted by Gasteiger charge is 2.16. The molecule has 0 spiro atoms. The SMILES string of the molecule is O=C(O)C(O)c1ccc(-c2cccc(OCCCCC3OCCO3)c2)cc1. The third kappa shape index (κ3) is 5.53. The number of benzene rings is 2. The van der Waals surface area contributed by atoms with Crippen molar-refractivity contribution in [1.82, 2.24) is 0 Å². The fraction of sp³-hybridized carbons (Fsp3) is 0.381. The molecule has 1 saturated heterocycles. The first-order valence-corrected chi connectivity index (χ1v) is 9.11. The predicted molar refractivity (Wildman–Crippen MR) is 99.5 cm³/mol. The minimum atomic E-state index is -1.51. The summed E-state index contributed by atoms with van der Waals surface area (Å²) in [6.07, 6.45) is 1.23. The normalized spacial score (nSPS) is 15.6. The lowest BCUT2D eigenvalue weighted by Crippen LogP contribution is -2.10. The standard InChI is InChI=1S/C21H24O6/c22-20(21(23)24)16-9-7-15(8-10-16)17-4-3-5-18(14-17)25-11-2-1-6-19-26-12-13-27-19/h3-5,7-10,14,19-20,22H,1-2,6,11-13H2,(H,23,24). The molecule has 0 bridgehead atoms. The Bertz CT molecular complexity index is 737. The van der Waals surface area contributed by atoms with Gasteiger partial charge in [0.2, 0.25) is 0 Å². The predicted octanol–water partition coefficient (Wildman–Crippen LogP) is 3.39. The summed E-state index contributed by atoms with van der Waals surface area (Å²) in [5.41, 5.74) is 2.25. The highest BCUT2D eigenvalue weighted by atomic mass is 16.7. The molecule has 0 aromatic heterocycles. The molecule has 1 atom stereocenters. The number of aliphatic hydroxyl groups is 1. The molecule has 1 fully saturated rings. The van der Waals surface area contributed by atoms with Crippen molar-refractivity contribution in [3.8, 4) is 16.9 Å². The summed E-state index contributed by atoms with van der Waals surface area (Å²) >= 11 is 0. The van der Waals surface area contributed by atoms with Crippen LogP contribution in [0.25, 0.3) is 11.1 Å². The summed E-state index contributed by atoms with van der Waals surface area (Å²) in [6.45, 7) is 1.99. The Hall–Kier alpha value is -2.41. The van der Waals surface area contributed by atoms with E-state index in [0.717, 1.165) is 36.1 Å². The minimum absolute atomic E-state index is 0.0593. The van der Waals surface area contributed by atoms with E-state index in [1.807, 2.05) is 24.3 Å². The number of rotatable bonds is 9. The van der Waals surface area contributed by atoms with E-state index in [0.29, 0.717) is 25.4 Å². The molecule has 1 aliphatic heterocycles. The fourth-order valence-corrected chi connectivity index (χ4v) is 2.94. The molecule has 6 nitrogen and oxygen atoms in total. The molecule has 144 valence electrons. The van der Waals surface area contributed by atoms with Crippen LogP contribution in [0.2, 0.25) is 0 Å². The number of aliphatic hydroxyl groups excluding tert-OH is 1. The zero-order chi connectivity index (χ0) is 19.1. The Morgan fingerprint density at radius 3 is 2.52 bits per heavy atom. The van der Waals surface area contributed by atoms with Crippen molar-refractivity contribution in [2.24, 2.45) is 0 Å². The van der Waals surface area contributed by atoms with Gasteiger partial charge in [0.25, 0.3) is 0 Å². The Labute approximate surface area is 158 Å². The first kappa shape index (κ1) is 19.4. The summed E-state index contributed by atoms with van der Waals surface area (Å²) in [7, 11) is 0.